The first kappa shape index (κ1) is 21.6. The van der Waals surface area contributed by atoms with Crippen molar-refractivity contribution < 1.29 is 9.84 Å². The molecule has 1 aliphatic carbocycles. The third kappa shape index (κ3) is 4.47. The largest absolute Gasteiger partial charge is 0.508 e. The molecule has 1 aliphatic heterocycles. The molecule has 1 fully saturated rings. The van der Waals surface area contributed by atoms with Crippen LogP contribution >= 0.6 is 0 Å². The summed E-state index contributed by atoms with van der Waals surface area (Å²) in [7, 11) is 1.69. The fraction of sp³-hybridized carbons (Fsp3) is 0.345. The van der Waals surface area contributed by atoms with Crippen molar-refractivity contribution in [1.29, 1.82) is 0 Å². The first-order chi connectivity index (χ1) is 16.0. The molecule has 1 atom stereocenters. The van der Waals surface area contributed by atoms with Crippen LogP contribution in [0.2, 0.25) is 0 Å². The van der Waals surface area contributed by atoms with Gasteiger partial charge in [0.15, 0.2) is 0 Å². The van der Waals surface area contributed by atoms with Crippen LogP contribution in [0.15, 0.2) is 65.7 Å². The standard InChI is InChI=1S/C29H32N2O2/c1-19(2)22-9-11-23(12-10-22)29-28-25(16-20-7-8-20)27(32)14-13-26(28)31(18-30-29)17-21-5-4-6-24(15-21)33-3/h4-6,9-15,18-20,29,32H,7-8,16-17H2,1-3H3. The summed E-state index contributed by atoms with van der Waals surface area (Å²) in [6, 6.07) is 20.8. The van der Waals surface area contributed by atoms with Crippen LogP contribution in [0.1, 0.15) is 66.5 Å². The quantitative estimate of drug-likeness (QED) is 0.449. The van der Waals surface area contributed by atoms with Gasteiger partial charge in [0.25, 0.3) is 0 Å². The highest BCUT2D eigenvalue weighted by atomic mass is 16.5. The number of rotatable bonds is 7. The smallest absolute Gasteiger partial charge is 0.119 e. The Morgan fingerprint density at radius 2 is 1.85 bits per heavy atom. The van der Waals surface area contributed by atoms with Gasteiger partial charge in [0.1, 0.15) is 17.5 Å². The molecule has 4 nitrogen and oxygen atoms in total. The van der Waals surface area contributed by atoms with Crippen LogP contribution in [0, 0.1) is 5.92 Å². The minimum atomic E-state index is -0.108. The number of aromatic hydroxyl groups is 1. The van der Waals surface area contributed by atoms with Gasteiger partial charge in [0.2, 0.25) is 0 Å². The molecular formula is C29H32N2O2. The van der Waals surface area contributed by atoms with Gasteiger partial charge in [-0.3, -0.25) is 4.99 Å². The maximum absolute atomic E-state index is 10.9. The first-order valence-corrected chi connectivity index (χ1v) is 11.9. The van der Waals surface area contributed by atoms with Gasteiger partial charge < -0.3 is 14.7 Å². The molecule has 1 saturated carbocycles. The number of hydrogen-bond acceptors (Lipinski definition) is 4. The molecule has 170 valence electrons. The highest BCUT2D eigenvalue weighted by Crippen LogP contribution is 2.45. The van der Waals surface area contributed by atoms with Gasteiger partial charge in [0.05, 0.1) is 13.4 Å². The minimum absolute atomic E-state index is 0.108. The number of aliphatic imine (C=N–C) groups is 1. The average molecular weight is 441 g/mol. The predicted octanol–water partition coefficient (Wildman–Crippen LogP) is 6.61. The second-order valence-electron chi connectivity index (χ2n) is 9.61. The van der Waals surface area contributed by atoms with Crippen LogP contribution in [0.3, 0.4) is 0 Å². The number of nitrogens with zero attached hydrogens (tertiary/aromatic N) is 2. The van der Waals surface area contributed by atoms with Crippen molar-refractivity contribution in [3.8, 4) is 11.5 Å². The van der Waals surface area contributed by atoms with E-state index in [0.717, 1.165) is 34.5 Å². The number of phenolic OH excluding ortho intramolecular Hbond substituents is 1. The van der Waals surface area contributed by atoms with E-state index in [4.69, 9.17) is 9.73 Å². The Hall–Kier alpha value is -3.27. The molecule has 1 unspecified atom stereocenters. The highest BCUT2D eigenvalue weighted by Gasteiger charge is 2.31. The number of phenols is 1. The molecule has 33 heavy (non-hydrogen) atoms. The number of ether oxygens (including phenoxy) is 1. The lowest BCUT2D eigenvalue weighted by atomic mass is 9.88. The van der Waals surface area contributed by atoms with Gasteiger partial charge in [-0.05, 0) is 72.1 Å². The number of fused-ring (bicyclic) bond motifs is 1. The van der Waals surface area contributed by atoms with E-state index in [1.54, 1.807) is 7.11 Å². The Morgan fingerprint density at radius 3 is 2.55 bits per heavy atom. The molecule has 3 aromatic rings. The number of methoxy groups -OCH3 is 1. The van der Waals surface area contributed by atoms with E-state index in [1.165, 1.54) is 24.0 Å². The van der Waals surface area contributed by atoms with Gasteiger partial charge in [-0.25, -0.2) is 0 Å². The van der Waals surface area contributed by atoms with Gasteiger partial charge in [-0.2, -0.15) is 0 Å². The van der Waals surface area contributed by atoms with Gasteiger partial charge in [-0.15, -0.1) is 0 Å². The van der Waals surface area contributed by atoms with Crippen LogP contribution in [0.25, 0.3) is 0 Å². The normalized spacial score (nSPS) is 17.3. The minimum Gasteiger partial charge on any atom is -0.508 e. The first-order valence-electron chi connectivity index (χ1n) is 11.9. The van der Waals surface area contributed by atoms with E-state index < -0.39 is 0 Å². The second-order valence-corrected chi connectivity index (χ2v) is 9.61. The zero-order chi connectivity index (χ0) is 22.9. The molecule has 0 spiro atoms. The molecule has 1 heterocycles. The van der Waals surface area contributed by atoms with Gasteiger partial charge in [-0.1, -0.05) is 50.2 Å². The molecule has 0 saturated heterocycles. The topological polar surface area (TPSA) is 45.1 Å². The summed E-state index contributed by atoms with van der Waals surface area (Å²) in [6.45, 7) is 5.12. The monoisotopic (exact) mass is 440 g/mol. The lowest BCUT2D eigenvalue weighted by molar-refractivity contribution is 0.414. The summed E-state index contributed by atoms with van der Waals surface area (Å²) in [6.07, 6.45) is 5.36. The van der Waals surface area contributed by atoms with E-state index in [0.29, 0.717) is 24.1 Å². The van der Waals surface area contributed by atoms with Gasteiger partial charge in [0, 0.05) is 23.4 Å². The van der Waals surface area contributed by atoms with Crippen molar-refractivity contribution in [1.82, 2.24) is 0 Å². The van der Waals surface area contributed by atoms with Crippen molar-refractivity contribution in [3.05, 3.63) is 88.5 Å². The van der Waals surface area contributed by atoms with Crippen molar-refractivity contribution >= 4 is 12.0 Å². The Labute approximate surface area is 196 Å². The van der Waals surface area contributed by atoms with Crippen molar-refractivity contribution in [2.24, 2.45) is 10.9 Å². The Balaban J connectivity index is 1.56. The summed E-state index contributed by atoms with van der Waals surface area (Å²) in [5, 5.41) is 10.9. The number of hydrogen-bond donors (Lipinski definition) is 1. The molecule has 0 amide bonds. The van der Waals surface area contributed by atoms with E-state index >= 15 is 0 Å². The van der Waals surface area contributed by atoms with Crippen LogP contribution < -0.4 is 9.64 Å². The van der Waals surface area contributed by atoms with E-state index in [1.807, 2.05) is 30.6 Å². The molecule has 1 N–H and O–H groups in total. The third-order valence-corrected chi connectivity index (χ3v) is 6.84. The second kappa shape index (κ2) is 8.93. The SMILES string of the molecule is COc1cccc(CN2C=NC(c3ccc(C(C)C)cc3)c3c2ccc(O)c3CC2CC2)c1. The lowest BCUT2D eigenvalue weighted by Crippen LogP contribution is -2.27. The fourth-order valence-corrected chi connectivity index (χ4v) is 4.71. The maximum atomic E-state index is 10.9. The summed E-state index contributed by atoms with van der Waals surface area (Å²) in [4.78, 5) is 7.22. The Bertz CT molecular complexity index is 1160. The number of benzene rings is 3. The molecule has 3 aromatic carbocycles. The molecule has 5 rings (SSSR count). The maximum Gasteiger partial charge on any atom is 0.119 e. The van der Waals surface area contributed by atoms with Crippen molar-refractivity contribution in [2.75, 3.05) is 12.0 Å². The average Bonchev–Trinajstić information content (AvgIpc) is 3.65. The van der Waals surface area contributed by atoms with E-state index in [-0.39, 0.29) is 6.04 Å². The summed E-state index contributed by atoms with van der Waals surface area (Å²) in [5.74, 6) is 2.41. The third-order valence-electron chi connectivity index (χ3n) is 6.84. The molecule has 2 aliphatic rings. The molecular weight excluding hydrogens is 408 g/mol. The highest BCUT2D eigenvalue weighted by molar-refractivity contribution is 5.85. The Morgan fingerprint density at radius 1 is 1.06 bits per heavy atom. The van der Waals surface area contributed by atoms with Crippen molar-refractivity contribution in [3.63, 3.8) is 0 Å². The zero-order valence-electron chi connectivity index (χ0n) is 19.7. The van der Waals surface area contributed by atoms with E-state index in [9.17, 15) is 5.11 Å². The summed E-state index contributed by atoms with van der Waals surface area (Å²) >= 11 is 0. The molecule has 0 bridgehead atoms. The Kier molecular flexibility index (Phi) is 5.84. The number of anilines is 1. The van der Waals surface area contributed by atoms with Crippen LogP contribution in [-0.2, 0) is 13.0 Å². The predicted molar refractivity (Wildman–Crippen MR) is 135 cm³/mol. The summed E-state index contributed by atoms with van der Waals surface area (Å²) < 4.78 is 5.42. The molecule has 0 aromatic heterocycles. The zero-order valence-corrected chi connectivity index (χ0v) is 19.7. The lowest BCUT2D eigenvalue weighted by Gasteiger charge is -2.32. The van der Waals surface area contributed by atoms with E-state index in [2.05, 4.69) is 55.1 Å². The fourth-order valence-electron chi connectivity index (χ4n) is 4.71. The molecule has 0 radical (unpaired) electrons. The molecule has 4 heteroatoms. The van der Waals surface area contributed by atoms with Gasteiger partial charge >= 0.3 is 0 Å². The van der Waals surface area contributed by atoms with Crippen LogP contribution in [0.5, 0.6) is 11.5 Å². The van der Waals surface area contributed by atoms with Crippen molar-refractivity contribution in [2.45, 2.75) is 51.6 Å². The van der Waals surface area contributed by atoms with Crippen LogP contribution in [-0.4, -0.2) is 18.6 Å². The summed E-state index contributed by atoms with van der Waals surface area (Å²) in [5.41, 5.74) is 6.97. The van der Waals surface area contributed by atoms with Crippen LogP contribution in [0.4, 0.5) is 5.69 Å².